The van der Waals surface area contributed by atoms with E-state index in [1.165, 1.54) is 17.7 Å². The topological polar surface area (TPSA) is 44.4 Å². The van der Waals surface area contributed by atoms with Crippen LogP contribution in [0.2, 0.25) is 0 Å². The lowest BCUT2D eigenvalue weighted by Gasteiger charge is -2.35. The van der Waals surface area contributed by atoms with Crippen LogP contribution in [-0.4, -0.2) is 47.7 Å². The maximum Gasteiger partial charge on any atom is 0.137 e. The van der Waals surface area contributed by atoms with Gasteiger partial charge >= 0.3 is 0 Å². The van der Waals surface area contributed by atoms with Gasteiger partial charge in [-0.2, -0.15) is 0 Å². The van der Waals surface area contributed by atoms with Crippen molar-refractivity contribution < 1.29 is 9.13 Å². The van der Waals surface area contributed by atoms with Crippen molar-refractivity contribution in [1.29, 1.82) is 0 Å². The predicted octanol–water partition coefficient (Wildman–Crippen LogP) is 3.47. The number of nitrogens with one attached hydrogen (secondary N) is 1. The molecule has 5 nitrogen and oxygen atoms in total. The van der Waals surface area contributed by atoms with Crippen molar-refractivity contribution in [3.8, 4) is 17.1 Å². The first-order valence-corrected chi connectivity index (χ1v) is 9.77. The molecule has 1 N–H and O–H groups in total. The van der Waals surface area contributed by atoms with Gasteiger partial charge in [-0.15, -0.1) is 0 Å². The zero-order chi connectivity index (χ0) is 18.9. The van der Waals surface area contributed by atoms with Gasteiger partial charge in [0, 0.05) is 62.3 Å². The van der Waals surface area contributed by atoms with E-state index in [0.717, 1.165) is 74.3 Å². The van der Waals surface area contributed by atoms with Crippen LogP contribution in [-0.2, 0) is 13.0 Å². The number of hydrogen-bond donors (Lipinski definition) is 1. The highest BCUT2D eigenvalue weighted by atomic mass is 19.1. The lowest BCUT2D eigenvalue weighted by molar-refractivity contribution is 0.247. The summed E-state index contributed by atoms with van der Waals surface area (Å²) in [5, 5.41) is 0. The third kappa shape index (κ3) is 3.47. The van der Waals surface area contributed by atoms with E-state index in [0.29, 0.717) is 0 Å². The predicted molar refractivity (Wildman–Crippen MR) is 107 cm³/mol. The summed E-state index contributed by atoms with van der Waals surface area (Å²) >= 11 is 0. The number of hydrogen-bond acceptors (Lipinski definition) is 4. The molecule has 0 atom stereocenters. The second kappa shape index (κ2) is 7.28. The monoisotopic (exact) mass is 378 g/mol. The third-order valence-electron chi connectivity index (χ3n) is 5.55. The number of anilines is 1. The first-order chi connectivity index (χ1) is 13.7. The number of aromatic nitrogens is 2. The van der Waals surface area contributed by atoms with Crippen molar-refractivity contribution in [2.45, 2.75) is 13.0 Å². The fourth-order valence-electron chi connectivity index (χ4n) is 3.98. The van der Waals surface area contributed by atoms with Crippen LogP contribution < -0.4 is 9.64 Å². The standard InChI is InChI=1S/C22H23FN4O/c23-18-2-4-20(5-3-18)27-10-8-26(9-11-27)15-19-14-24-22(25-19)17-1-6-21-16(13-17)7-12-28-21/h1-6,13-14H,7-12,15H2,(H,24,25). The van der Waals surface area contributed by atoms with E-state index >= 15 is 0 Å². The van der Waals surface area contributed by atoms with Gasteiger partial charge in [0.1, 0.15) is 17.4 Å². The summed E-state index contributed by atoms with van der Waals surface area (Å²) in [6.45, 7) is 5.46. The van der Waals surface area contributed by atoms with Gasteiger partial charge in [0.2, 0.25) is 0 Å². The Bertz CT molecular complexity index is 961. The van der Waals surface area contributed by atoms with Crippen molar-refractivity contribution in [3.63, 3.8) is 0 Å². The molecule has 144 valence electrons. The SMILES string of the molecule is Fc1ccc(N2CCN(Cc3cnc(-c4ccc5c(c4)CCO5)[nH]3)CC2)cc1. The van der Waals surface area contributed by atoms with Crippen LogP contribution in [0.1, 0.15) is 11.3 Å². The zero-order valence-corrected chi connectivity index (χ0v) is 15.7. The van der Waals surface area contributed by atoms with Crippen LogP contribution in [0.25, 0.3) is 11.4 Å². The minimum Gasteiger partial charge on any atom is -0.493 e. The van der Waals surface area contributed by atoms with Crippen molar-refractivity contribution in [2.75, 3.05) is 37.7 Å². The fraction of sp³-hybridized carbons (Fsp3) is 0.318. The summed E-state index contributed by atoms with van der Waals surface area (Å²) in [4.78, 5) is 12.8. The van der Waals surface area contributed by atoms with Gasteiger partial charge in [-0.05, 0) is 48.0 Å². The number of benzene rings is 2. The fourth-order valence-corrected chi connectivity index (χ4v) is 3.98. The van der Waals surface area contributed by atoms with Gasteiger partial charge in [-0.25, -0.2) is 9.37 Å². The number of fused-ring (bicyclic) bond motifs is 1. The van der Waals surface area contributed by atoms with E-state index < -0.39 is 0 Å². The molecule has 0 amide bonds. The highest BCUT2D eigenvalue weighted by molar-refractivity contribution is 5.59. The zero-order valence-electron chi connectivity index (χ0n) is 15.7. The number of imidazole rings is 1. The van der Waals surface area contributed by atoms with Gasteiger partial charge < -0.3 is 14.6 Å². The van der Waals surface area contributed by atoms with Gasteiger partial charge in [0.25, 0.3) is 0 Å². The van der Waals surface area contributed by atoms with Crippen molar-refractivity contribution in [3.05, 3.63) is 65.7 Å². The number of halogens is 1. The third-order valence-corrected chi connectivity index (χ3v) is 5.55. The molecule has 2 aromatic carbocycles. The van der Waals surface area contributed by atoms with E-state index in [-0.39, 0.29) is 5.82 Å². The minimum atomic E-state index is -0.187. The molecule has 0 unspecified atom stereocenters. The van der Waals surface area contributed by atoms with Crippen LogP contribution in [0.5, 0.6) is 5.75 Å². The molecular weight excluding hydrogens is 355 g/mol. The Morgan fingerprint density at radius 1 is 1.04 bits per heavy atom. The molecule has 3 aromatic rings. The van der Waals surface area contributed by atoms with E-state index in [1.54, 1.807) is 0 Å². The van der Waals surface area contributed by atoms with Crippen LogP contribution >= 0.6 is 0 Å². The first-order valence-electron chi connectivity index (χ1n) is 9.77. The second-order valence-corrected chi connectivity index (χ2v) is 7.42. The maximum absolute atomic E-state index is 13.1. The molecule has 0 aliphatic carbocycles. The van der Waals surface area contributed by atoms with E-state index in [1.807, 2.05) is 24.4 Å². The van der Waals surface area contributed by atoms with Crippen molar-refractivity contribution >= 4 is 5.69 Å². The second-order valence-electron chi connectivity index (χ2n) is 7.42. The van der Waals surface area contributed by atoms with Gasteiger partial charge in [0.05, 0.1) is 6.61 Å². The molecule has 0 spiro atoms. The van der Waals surface area contributed by atoms with Crippen molar-refractivity contribution in [2.24, 2.45) is 0 Å². The normalized spacial score (nSPS) is 16.8. The van der Waals surface area contributed by atoms with Gasteiger partial charge in [-0.3, -0.25) is 4.90 Å². The number of rotatable bonds is 4. The summed E-state index contributed by atoms with van der Waals surface area (Å²) < 4.78 is 18.7. The average Bonchev–Trinajstić information content (AvgIpc) is 3.38. The Balaban J connectivity index is 1.20. The summed E-state index contributed by atoms with van der Waals surface area (Å²) in [6, 6.07) is 13.0. The number of piperazine rings is 1. The summed E-state index contributed by atoms with van der Waals surface area (Å²) in [5.41, 5.74) is 4.58. The lowest BCUT2D eigenvalue weighted by atomic mass is 10.1. The van der Waals surface area contributed by atoms with Gasteiger partial charge in [-0.1, -0.05) is 0 Å². The summed E-state index contributed by atoms with van der Waals surface area (Å²) in [5.74, 6) is 1.72. The molecule has 1 aromatic heterocycles. The smallest absolute Gasteiger partial charge is 0.137 e. The molecule has 1 saturated heterocycles. The molecule has 0 saturated carbocycles. The molecule has 3 heterocycles. The number of aromatic amines is 1. The molecule has 5 rings (SSSR count). The number of ether oxygens (including phenoxy) is 1. The average molecular weight is 378 g/mol. The van der Waals surface area contributed by atoms with Crippen molar-refractivity contribution in [1.82, 2.24) is 14.9 Å². The summed E-state index contributed by atoms with van der Waals surface area (Å²) in [7, 11) is 0. The first kappa shape index (κ1) is 17.3. The van der Waals surface area contributed by atoms with Crippen LogP contribution in [0.4, 0.5) is 10.1 Å². The van der Waals surface area contributed by atoms with Crippen LogP contribution in [0, 0.1) is 5.82 Å². The highest BCUT2D eigenvalue weighted by Crippen LogP contribution is 2.29. The van der Waals surface area contributed by atoms with Crippen LogP contribution in [0.3, 0.4) is 0 Å². The lowest BCUT2D eigenvalue weighted by Crippen LogP contribution is -2.46. The van der Waals surface area contributed by atoms with Crippen LogP contribution in [0.15, 0.2) is 48.7 Å². The Morgan fingerprint density at radius 2 is 1.86 bits per heavy atom. The minimum absolute atomic E-state index is 0.187. The summed E-state index contributed by atoms with van der Waals surface area (Å²) in [6.07, 6.45) is 2.90. The molecule has 2 aliphatic rings. The van der Waals surface area contributed by atoms with Gasteiger partial charge in [0.15, 0.2) is 0 Å². The Labute approximate surface area is 163 Å². The molecule has 1 fully saturated rings. The van der Waals surface area contributed by atoms with E-state index in [4.69, 9.17) is 4.74 Å². The Hall–Kier alpha value is -2.86. The van der Waals surface area contributed by atoms with E-state index in [2.05, 4.69) is 31.9 Å². The molecule has 2 aliphatic heterocycles. The largest absolute Gasteiger partial charge is 0.493 e. The number of nitrogens with zero attached hydrogens (tertiary/aromatic N) is 3. The quantitative estimate of drug-likeness (QED) is 0.755. The Morgan fingerprint density at radius 3 is 2.68 bits per heavy atom. The molecule has 28 heavy (non-hydrogen) atoms. The Kier molecular flexibility index (Phi) is 4.49. The number of H-pyrrole nitrogens is 1. The molecule has 6 heteroatoms. The molecular formula is C22H23FN4O. The molecule has 0 radical (unpaired) electrons. The molecule has 0 bridgehead atoms. The van der Waals surface area contributed by atoms with E-state index in [9.17, 15) is 4.39 Å². The highest BCUT2D eigenvalue weighted by Gasteiger charge is 2.19. The maximum atomic E-state index is 13.1.